The molecule has 8 nitrogen and oxygen atoms in total. The molecule has 1 atom stereocenters. The highest BCUT2D eigenvalue weighted by molar-refractivity contribution is 8.00. The van der Waals surface area contributed by atoms with Gasteiger partial charge in [0.1, 0.15) is 11.5 Å². The quantitative estimate of drug-likeness (QED) is 0.0711. The third-order valence-electron chi connectivity index (χ3n) is 6.01. The van der Waals surface area contributed by atoms with Gasteiger partial charge in [-0.25, -0.2) is 0 Å². The first-order valence-electron chi connectivity index (χ1n) is 12.2. The summed E-state index contributed by atoms with van der Waals surface area (Å²) in [5.74, 6) is -0.844. The van der Waals surface area contributed by atoms with Crippen molar-refractivity contribution in [2.24, 2.45) is 0 Å². The summed E-state index contributed by atoms with van der Waals surface area (Å²) in [6.45, 7) is 2.51. The van der Waals surface area contributed by atoms with Crippen LogP contribution in [0.5, 0.6) is 5.75 Å². The van der Waals surface area contributed by atoms with E-state index >= 15 is 0 Å². The van der Waals surface area contributed by atoms with Crippen LogP contribution in [0.2, 0.25) is 10.0 Å². The topological polar surface area (TPSA) is 106 Å². The monoisotopic (exact) mass is 612 g/mol. The number of hydrogen-bond acceptors (Lipinski definition) is 9. The first-order chi connectivity index (χ1) is 19.4. The third kappa shape index (κ3) is 5.85. The minimum absolute atomic E-state index is 0.0545. The molecule has 4 aromatic rings. The fraction of sp³-hybridized carbons (Fsp3) is 0.179. The maximum absolute atomic E-state index is 13.4. The van der Waals surface area contributed by atoms with Crippen molar-refractivity contribution in [3.63, 3.8) is 0 Å². The maximum atomic E-state index is 13.4. The van der Waals surface area contributed by atoms with Crippen molar-refractivity contribution in [1.29, 1.82) is 0 Å². The van der Waals surface area contributed by atoms with Gasteiger partial charge in [-0.1, -0.05) is 71.4 Å². The first-order valence-corrected chi connectivity index (χ1v) is 14.8. The first kappa shape index (κ1) is 28.1. The van der Waals surface area contributed by atoms with Gasteiger partial charge in [0.2, 0.25) is 5.13 Å². The van der Waals surface area contributed by atoms with Gasteiger partial charge in [0.05, 0.1) is 18.2 Å². The molecule has 2 aromatic carbocycles. The number of carbonyl (C=O) groups is 2. The fourth-order valence-electron chi connectivity index (χ4n) is 4.14. The number of benzene rings is 2. The third-order valence-corrected chi connectivity index (χ3v) is 8.70. The van der Waals surface area contributed by atoms with Crippen LogP contribution in [0.25, 0.3) is 5.76 Å². The van der Waals surface area contributed by atoms with E-state index < -0.39 is 17.7 Å². The number of aromatic nitrogens is 3. The molecule has 1 fully saturated rings. The Kier molecular flexibility index (Phi) is 8.70. The summed E-state index contributed by atoms with van der Waals surface area (Å²) < 4.78 is 6.38. The molecule has 3 heterocycles. The summed E-state index contributed by atoms with van der Waals surface area (Å²) in [5, 5.41) is 21.0. The number of aliphatic hydroxyl groups is 1. The van der Waals surface area contributed by atoms with Crippen LogP contribution in [-0.4, -0.2) is 38.6 Å². The van der Waals surface area contributed by atoms with Gasteiger partial charge in [0.25, 0.3) is 5.78 Å². The number of rotatable bonds is 9. The number of hydrogen-bond donors (Lipinski definition) is 1. The van der Waals surface area contributed by atoms with Crippen LogP contribution in [0.1, 0.15) is 36.1 Å². The summed E-state index contributed by atoms with van der Waals surface area (Å²) in [5.41, 5.74) is 1.76. The summed E-state index contributed by atoms with van der Waals surface area (Å²) >= 11 is 14.9. The van der Waals surface area contributed by atoms with E-state index in [2.05, 4.69) is 15.2 Å². The Morgan fingerprint density at radius 3 is 2.65 bits per heavy atom. The largest absolute Gasteiger partial charge is 0.507 e. The van der Waals surface area contributed by atoms with Crippen LogP contribution in [0, 0.1) is 0 Å². The normalized spacial score (nSPS) is 16.5. The van der Waals surface area contributed by atoms with Crippen molar-refractivity contribution in [2.75, 3.05) is 11.5 Å². The molecule has 40 heavy (non-hydrogen) atoms. The Balaban J connectivity index is 1.53. The van der Waals surface area contributed by atoms with E-state index in [0.29, 0.717) is 43.6 Å². The predicted molar refractivity (Wildman–Crippen MR) is 157 cm³/mol. The fourth-order valence-corrected chi connectivity index (χ4v) is 6.57. The molecule has 0 spiro atoms. The lowest BCUT2D eigenvalue weighted by Gasteiger charge is -2.23. The van der Waals surface area contributed by atoms with Crippen molar-refractivity contribution in [3.05, 3.63) is 99.3 Å². The van der Waals surface area contributed by atoms with Gasteiger partial charge in [-0.2, -0.15) is 0 Å². The zero-order chi connectivity index (χ0) is 28.2. The van der Waals surface area contributed by atoms with E-state index in [-0.39, 0.29) is 16.5 Å². The van der Waals surface area contributed by atoms with Gasteiger partial charge in [-0.3, -0.25) is 19.5 Å². The Labute approximate surface area is 248 Å². The number of ether oxygens (including phenoxy) is 1. The lowest BCUT2D eigenvalue weighted by molar-refractivity contribution is -0.132. The zero-order valence-electron chi connectivity index (χ0n) is 21.1. The number of ketones is 1. The maximum Gasteiger partial charge on any atom is 0.301 e. The number of aliphatic hydroxyl groups excluding tert-OH is 1. The Hall–Kier alpha value is -3.44. The highest BCUT2D eigenvalue weighted by Gasteiger charge is 2.48. The van der Waals surface area contributed by atoms with Crippen LogP contribution >= 0.6 is 46.3 Å². The van der Waals surface area contributed by atoms with Crippen molar-refractivity contribution >= 4 is 68.9 Å². The van der Waals surface area contributed by atoms with Gasteiger partial charge in [0.15, 0.2) is 4.34 Å². The molecule has 1 saturated heterocycles. The van der Waals surface area contributed by atoms with Crippen LogP contribution in [0.4, 0.5) is 5.13 Å². The smallest absolute Gasteiger partial charge is 0.301 e. The Morgan fingerprint density at radius 2 is 1.90 bits per heavy atom. The van der Waals surface area contributed by atoms with E-state index in [9.17, 15) is 14.7 Å². The second-order valence-corrected chi connectivity index (χ2v) is 11.7. The molecule has 1 aliphatic heterocycles. The van der Waals surface area contributed by atoms with Gasteiger partial charge in [-0.15, -0.1) is 10.2 Å². The van der Waals surface area contributed by atoms with E-state index in [0.717, 1.165) is 12.0 Å². The molecular formula is C28H22Cl2N4O4S2. The average Bonchev–Trinajstić information content (AvgIpc) is 3.53. The van der Waals surface area contributed by atoms with Crippen LogP contribution < -0.4 is 9.64 Å². The zero-order valence-corrected chi connectivity index (χ0v) is 24.2. The Bertz CT molecular complexity index is 1600. The van der Waals surface area contributed by atoms with E-state index in [1.165, 1.54) is 40.4 Å². The molecule has 1 unspecified atom stereocenters. The van der Waals surface area contributed by atoms with Crippen molar-refractivity contribution in [3.8, 4) is 5.75 Å². The molecule has 1 amide bonds. The molecule has 0 radical (unpaired) electrons. The summed E-state index contributed by atoms with van der Waals surface area (Å²) in [7, 11) is 0. The molecular weight excluding hydrogens is 591 g/mol. The highest BCUT2D eigenvalue weighted by Crippen LogP contribution is 2.44. The van der Waals surface area contributed by atoms with E-state index in [4.69, 9.17) is 27.9 Å². The molecule has 1 N–H and O–H groups in total. The van der Waals surface area contributed by atoms with Gasteiger partial charge in [0, 0.05) is 33.8 Å². The van der Waals surface area contributed by atoms with E-state index in [1.807, 2.05) is 13.0 Å². The van der Waals surface area contributed by atoms with Crippen molar-refractivity contribution in [2.45, 2.75) is 29.5 Å². The number of nitrogens with zero attached hydrogens (tertiary/aromatic N) is 4. The Morgan fingerprint density at radius 1 is 1.10 bits per heavy atom. The second-order valence-electron chi connectivity index (χ2n) is 8.70. The molecule has 1 aliphatic rings. The molecule has 0 saturated carbocycles. The van der Waals surface area contributed by atoms with Gasteiger partial charge < -0.3 is 9.84 Å². The van der Waals surface area contributed by atoms with Crippen LogP contribution in [0.3, 0.4) is 0 Å². The number of amides is 1. The van der Waals surface area contributed by atoms with E-state index in [1.54, 1.807) is 48.5 Å². The average molecular weight is 614 g/mol. The summed E-state index contributed by atoms with van der Waals surface area (Å²) in [4.78, 5) is 32.1. The van der Waals surface area contributed by atoms with Gasteiger partial charge >= 0.3 is 5.91 Å². The number of Topliss-reactive ketones (excluding diaryl/α,β-unsaturated/α-hetero) is 1. The SMILES string of the molecule is CCCOc1cccc(C2C(=C(O)c3ccncc3)C(=O)C(=O)N2c2nnc(SCc3ccc(Cl)cc3Cl)s2)c1. The summed E-state index contributed by atoms with van der Waals surface area (Å²) in [6.07, 6.45) is 3.82. The number of thioether (sulfide) groups is 1. The highest BCUT2D eigenvalue weighted by atomic mass is 35.5. The van der Waals surface area contributed by atoms with Crippen molar-refractivity contribution in [1.82, 2.24) is 15.2 Å². The van der Waals surface area contributed by atoms with Crippen molar-refractivity contribution < 1.29 is 19.4 Å². The lowest BCUT2D eigenvalue weighted by Crippen LogP contribution is -2.29. The molecule has 0 bridgehead atoms. The standard InChI is InChI=1S/C28H22Cl2N4O4S2/c1-2-12-38-20-5-3-4-17(13-20)23-22(24(35)16-8-10-31-11-9-16)25(36)26(37)34(23)27-32-33-28(40-27)39-15-18-6-7-19(29)14-21(18)30/h3-11,13-14,23,35H,2,12,15H2,1H3. The van der Waals surface area contributed by atoms with Gasteiger partial charge in [-0.05, 0) is 53.9 Å². The molecule has 12 heteroatoms. The predicted octanol–water partition coefficient (Wildman–Crippen LogP) is 6.95. The number of anilines is 1. The summed E-state index contributed by atoms with van der Waals surface area (Å²) in [6, 6.07) is 14.6. The van der Waals surface area contributed by atoms with Crippen LogP contribution in [-0.2, 0) is 15.3 Å². The minimum Gasteiger partial charge on any atom is -0.507 e. The molecule has 5 rings (SSSR count). The van der Waals surface area contributed by atoms with Crippen LogP contribution in [0.15, 0.2) is 76.9 Å². The molecule has 0 aliphatic carbocycles. The number of halogens is 2. The lowest BCUT2D eigenvalue weighted by atomic mass is 9.95. The number of pyridine rings is 1. The minimum atomic E-state index is -0.949. The number of carbonyl (C=O) groups excluding carboxylic acids is 2. The second kappa shape index (κ2) is 12.4. The molecule has 204 valence electrons. The molecule has 2 aromatic heterocycles.